The van der Waals surface area contributed by atoms with E-state index in [4.69, 9.17) is 4.74 Å². The van der Waals surface area contributed by atoms with Crippen LogP contribution in [0.15, 0.2) is 0 Å². The Morgan fingerprint density at radius 3 is 2.52 bits per heavy atom. The third-order valence-electron chi connectivity index (χ3n) is 3.52. The standard InChI is InChI=1S/C17H28N4O4/c1-6-8-9-18-14-13(17(22)25-7-2)12(5)20-16(15(14)21(23)24)19-10-11(3)4/h11H,6-10H2,1-5H3,(H2,18,19,20). The smallest absolute Gasteiger partial charge is 0.342 e. The van der Waals surface area contributed by atoms with E-state index in [1.807, 2.05) is 20.8 Å². The molecule has 140 valence electrons. The lowest BCUT2D eigenvalue weighted by Gasteiger charge is -2.17. The predicted octanol–water partition coefficient (Wildman–Crippen LogP) is 3.75. The van der Waals surface area contributed by atoms with Crippen molar-refractivity contribution in [1.82, 2.24) is 4.98 Å². The molecular weight excluding hydrogens is 324 g/mol. The molecule has 0 atom stereocenters. The lowest BCUT2D eigenvalue weighted by Crippen LogP contribution is -2.18. The number of nitrogens with zero attached hydrogens (tertiary/aromatic N) is 2. The number of carbonyl (C=O) groups is 1. The van der Waals surface area contributed by atoms with Gasteiger partial charge >= 0.3 is 11.7 Å². The Bertz CT molecular complexity index is 617. The van der Waals surface area contributed by atoms with Crippen LogP contribution >= 0.6 is 0 Å². The molecule has 0 amide bonds. The summed E-state index contributed by atoms with van der Waals surface area (Å²) in [5, 5.41) is 17.8. The summed E-state index contributed by atoms with van der Waals surface area (Å²) in [5.74, 6) is -0.142. The summed E-state index contributed by atoms with van der Waals surface area (Å²) in [4.78, 5) is 27.8. The van der Waals surface area contributed by atoms with E-state index < -0.39 is 10.9 Å². The zero-order valence-electron chi connectivity index (χ0n) is 15.6. The van der Waals surface area contributed by atoms with Gasteiger partial charge in [-0.3, -0.25) is 10.1 Å². The van der Waals surface area contributed by atoms with Crippen LogP contribution in [-0.2, 0) is 4.74 Å². The summed E-state index contributed by atoms with van der Waals surface area (Å²) in [6.45, 7) is 10.6. The lowest BCUT2D eigenvalue weighted by atomic mass is 10.1. The minimum absolute atomic E-state index is 0.125. The summed E-state index contributed by atoms with van der Waals surface area (Å²) in [6, 6.07) is 0. The van der Waals surface area contributed by atoms with Gasteiger partial charge in [0.1, 0.15) is 11.3 Å². The molecule has 0 unspecified atom stereocenters. The Labute approximate surface area is 148 Å². The first-order valence-electron chi connectivity index (χ1n) is 8.67. The molecule has 0 bridgehead atoms. The molecule has 1 rings (SSSR count). The fourth-order valence-corrected chi connectivity index (χ4v) is 2.31. The zero-order valence-corrected chi connectivity index (χ0v) is 15.6. The Hall–Kier alpha value is -2.38. The topological polar surface area (TPSA) is 106 Å². The second-order valence-corrected chi connectivity index (χ2v) is 6.18. The highest BCUT2D eigenvalue weighted by atomic mass is 16.6. The number of anilines is 2. The van der Waals surface area contributed by atoms with Gasteiger partial charge in [0, 0.05) is 13.1 Å². The second-order valence-electron chi connectivity index (χ2n) is 6.18. The predicted molar refractivity (Wildman–Crippen MR) is 98.3 cm³/mol. The van der Waals surface area contributed by atoms with Crippen LogP contribution in [0.4, 0.5) is 17.2 Å². The van der Waals surface area contributed by atoms with Crippen molar-refractivity contribution in [2.75, 3.05) is 30.3 Å². The SMILES string of the molecule is CCCCNc1c(C(=O)OCC)c(C)nc(NCC(C)C)c1[N+](=O)[O-]. The van der Waals surface area contributed by atoms with Crippen LogP contribution in [0.3, 0.4) is 0 Å². The van der Waals surface area contributed by atoms with Crippen molar-refractivity contribution in [2.24, 2.45) is 5.92 Å². The Kier molecular flexibility index (Phi) is 8.10. The van der Waals surface area contributed by atoms with Crippen LogP contribution in [0.25, 0.3) is 0 Å². The van der Waals surface area contributed by atoms with E-state index >= 15 is 0 Å². The molecule has 0 radical (unpaired) electrons. The van der Waals surface area contributed by atoms with Crippen LogP contribution in [-0.4, -0.2) is 35.6 Å². The molecule has 0 saturated heterocycles. The van der Waals surface area contributed by atoms with Crippen LogP contribution < -0.4 is 10.6 Å². The average molecular weight is 352 g/mol. The van der Waals surface area contributed by atoms with Gasteiger partial charge in [-0.15, -0.1) is 0 Å². The Balaban J connectivity index is 3.47. The van der Waals surface area contributed by atoms with Gasteiger partial charge < -0.3 is 15.4 Å². The average Bonchev–Trinajstić information content (AvgIpc) is 2.52. The number of nitrogens with one attached hydrogen (secondary N) is 2. The number of rotatable bonds is 10. The third-order valence-corrected chi connectivity index (χ3v) is 3.52. The van der Waals surface area contributed by atoms with Gasteiger partial charge in [-0.05, 0) is 26.2 Å². The first-order chi connectivity index (χ1) is 11.8. The van der Waals surface area contributed by atoms with Crippen molar-refractivity contribution in [2.45, 2.75) is 47.5 Å². The van der Waals surface area contributed by atoms with E-state index in [1.54, 1.807) is 13.8 Å². The normalized spacial score (nSPS) is 10.6. The van der Waals surface area contributed by atoms with Crippen LogP contribution in [0.1, 0.15) is 56.6 Å². The van der Waals surface area contributed by atoms with Crippen LogP contribution in [0, 0.1) is 23.0 Å². The van der Waals surface area contributed by atoms with Gasteiger partial charge in [-0.1, -0.05) is 27.2 Å². The molecule has 0 aromatic carbocycles. The molecule has 1 aromatic heterocycles. The highest BCUT2D eigenvalue weighted by molar-refractivity contribution is 6.00. The van der Waals surface area contributed by atoms with Crippen molar-refractivity contribution in [3.8, 4) is 0 Å². The van der Waals surface area contributed by atoms with E-state index in [-0.39, 0.29) is 29.4 Å². The van der Waals surface area contributed by atoms with E-state index in [9.17, 15) is 14.9 Å². The van der Waals surface area contributed by atoms with Gasteiger partial charge in [0.25, 0.3) is 0 Å². The van der Waals surface area contributed by atoms with E-state index in [2.05, 4.69) is 15.6 Å². The quantitative estimate of drug-likeness (QED) is 0.286. The van der Waals surface area contributed by atoms with Crippen LogP contribution in [0.2, 0.25) is 0 Å². The molecule has 0 aliphatic heterocycles. The van der Waals surface area contributed by atoms with Crippen molar-refractivity contribution < 1.29 is 14.5 Å². The van der Waals surface area contributed by atoms with Gasteiger partial charge in [0.05, 0.1) is 17.2 Å². The number of hydrogen-bond acceptors (Lipinski definition) is 7. The molecule has 0 saturated carbocycles. The molecule has 8 nitrogen and oxygen atoms in total. The fourth-order valence-electron chi connectivity index (χ4n) is 2.31. The zero-order chi connectivity index (χ0) is 19.0. The molecule has 0 aliphatic carbocycles. The van der Waals surface area contributed by atoms with Gasteiger partial charge in [0.2, 0.25) is 5.82 Å². The molecule has 1 heterocycles. The maximum Gasteiger partial charge on any atom is 0.342 e. The number of ether oxygens (including phenoxy) is 1. The molecule has 0 fully saturated rings. The molecule has 0 aliphatic rings. The second kappa shape index (κ2) is 9.80. The number of aryl methyl sites for hydroxylation is 1. The molecule has 25 heavy (non-hydrogen) atoms. The monoisotopic (exact) mass is 352 g/mol. The fraction of sp³-hybridized carbons (Fsp3) is 0.647. The number of unbranched alkanes of at least 4 members (excludes halogenated alkanes) is 1. The Morgan fingerprint density at radius 1 is 1.32 bits per heavy atom. The van der Waals surface area contributed by atoms with Gasteiger partial charge in [0.15, 0.2) is 0 Å². The van der Waals surface area contributed by atoms with Crippen molar-refractivity contribution >= 4 is 23.2 Å². The van der Waals surface area contributed by atoms with Gasteiger partial charge in [-0.25, -0.2) is 9.78 Å². The summed E-state index contributed by atoms with van der Waals surface area (Å²) < 4.78 is 5.07. The third kappa shape index (κ3) is 5.58. The van der Waals surface area contributed by atoms with Gasteiger partial charge in [-0.2, -0.15) is 0 Å². The Morgan fingerprint density at radius 2 is 2.00 bits per heavy atom. The maximum atomic E-state index is 12.3. The summed E-state index contributed by atoms with van der Waals surface area (Å²) in [6.07, 6.45) is 1.76. The summed E-state index contributed by atoms with van der Waals surface area (Å²) in [7, 11) is 0. The molecule has 2 N–H and O–H groups in total. The first-order valence-corrected chi connectivity index (χ1v) is 8.67. The molecule has 1 aromatic rings. The maximum absolute atomic E-state index is 12.3. The summed E-state index contributed by atoms with van der Waals surface area (Å²) in [5.41, 5.74) is 0.482. The van der Waals surface area contributed by atoms with Crippen molar-refractivity contribution in [3.63, 3.8) is 0 Å². The number of pyridine rings is 1. The molecule has 8 heteroatoms. The van der Waals surface area contributed by atoms with E-state index in [0.29, 0.717) is 24.7 Å². The number of nitro groups is 1. The minimum atomic E-state index is -0.606. The number of aromatic nitrogens is 1. The van der Waals surface area contributed by atoms with Crippen LogP contribution in [0.5, 0.6) is 0 Å². The number of hydrogen-bond donors (Lipinski definition) is 2. The first kappa shape index (κ1) is 20.7. The molecule has 0 spiro atoms. The molecular formula is C17H28N4O4. The summed E-state index contributed by atoms with van der Waals surface area (Å²) >= 11 is 0. The largest absolute Gasteiger partial charge is 0.462 e. The van der Waals surface area contributed by atoms with E-state index in [0.717, 1.165) is 12.8 Å². The van der Waals surface area contributed by atoms with E-state index in [1.165, 1.54) is 0 Å². The van der Waals surface area contributed by atoms with Crippen molar-refractivity contribution in [3.05, 3.63) is 21.4 Å². The van der Waals surface area contributed by atoms with Crippen molar-refractivity contribution in [1.29, 1.82) is 0 Å². The highest BCUT2D eigenvalue weighted by Crippen LogP contribution is 2.36. The minimum Gasteiger partial charge on any atom is -0.462 e. The number of esters is 1. The lowest BCUT2D eigenvalue weighted by molar-refractivity contribution is -0.383. The number of carbonyl (C=O) groups excluding carboxylic acids is 1. The highest BCUT2D eigenvalue weighted by Gasteiger charge is 2.30.